The lowest BCUT2D eigenvalue weighted by Gasteiger charge is -2.10. The molecule has 0 aliphatic carbocycles. The molecule has 7 nitrogen and oxygen atoms in total. The highest BCUT2D eigenvalue weighted by molar-refractivity contribution is 5.99. The molecule has 0 heterocycles. The summed E-state index contributed by atoms with van der Waals surface area (Å²) in [7, 11) is 0. The maximum atomic E-state index is 12.3. The monoisotopic (exact) mass is 445 g/mol. The molecule has 0 spiro atoms. The van der Waals surface area contributed by atoms with Crippen LogP contribution < -0.4 is 20.9 Å². The zero-order chi connectivity index (χ0) is 23.5. The molecule has 3 aromatic rings. The van der Waals surface area contributed by atoms with Crippen LogP contribution in [0.4, 0.5) is 5.69 Å². The standard InChI is InChI=1S/C26H27N3O4/c1-2-6-24(30)27-22-13-9-20(10-14-22)25(31)28-29-26(32)21-11-15-23(16-12-21)33-18-17-19-7-4-3-5-8-19/h3-5,7-16H,2,6,17-18H2,1H3,(H,27,30)(H,28,31)(H,29,32). The normalized spacial score (nSPS) is 10.2. The third kappa shape index (κ3) is 7.50. The van der Waals surface area contributed by atoms with Gasteiger partial charge in [0.05, 0.1) is 6.61 Å². The van der Waals surface area contributed by atoms with E-state index in [1.54, 1.807) is 48.5 Å². The number of carbonyl (C=O) groups excluding carboxylic acids is 3. The van der Waals surface area contributed by atoms with E-state index in [1.807, 2.05) is 37.3 Å². The summed E-state index contributed by atoms with van der Waals surface area (Å²) in [4.78, 5) is 36.2. The number of rotatable bonds is 9. The molecule has 3 amide bonds. The molecule has 170 valence electrons. The van der Waals surface area contributed by atoms with Gasteiger partial charge in [0.15, 0.2) is 0 Å². The number of amides is 3. The summed E-state index contributed by atoms with van der Waals surface area (Å²) in [6.07, 6.45) is 1.99. The SMILES string of the molecule is CCCC(=O)Nc1ccc(C(=O)NNC(=O)c2ccc(OCCc3ccccc3)cc2)cc1. The highest BCUT2D eigenvalue weighted by atomic mass is 16.5. The highest BCUT2D eigenvalue weighted by Crippen LogP contribution is 2.13. The molecule has 0 unspecified atom stereocenters. The van der Waals surface area contributed by atoms with E-state index in [2.05, 4.69) is 16.2 Å². The minimum atomic E-state index is -0.462. The Kier molecular flexibility index (Phi) is 8.59. The van der Waals surface area contributed by atoms with Crippen LogP contribution in [0.15, 0.2) is 78.9 Å². The molecular formula is C26H27N3O4. The maximum Gasteiger partial charge on any atom is 0.269 e. The van der Waals surface area contributed by atoms with Crippen LogP contribution >= 0.6 is 0 Å². The number of benzene rings is 3. The third-order valence-electron chi connectivity index (χ3n) is 4.82. The predicted octanol–water partition coefficient (Wildman–Crippen LogP) is 4.12. The topological polar surface area (TPSA) is 96.5 Å². The summed E-state index contributed by atoms with van der Waals surface area (Å²) in [6, 6.07) is 23.2. The molecule has 3 N–H and O–H groups in total. The van der Waals surface area contributed by atoms with Crippen LogP contribution in [0.25, 0.3) is 0 Å². The Hall–Kier alpha value is -4.13. The second-order valence-corrected chi connectivity index (χ2v) is 7.39. The first-order chi connectivity index (χ1) is 16.0. The largest absolute Gasteiger partial charge is 0.493 e. The molecule has 0 aromatic heterocycles. The minimum absolute atomic E-state index is 0.0745. The summed E-state index contributed by atoms with van der Waals surface area (Å²) in [5.74, 6) is -0.314. The number of nitrogens with one attached hydrogen (secondary N) is 3. The first-order valence-electron chi connectivity index (χ1n) is 10.8. The average Bonchev–Trinajstić information content (AvgIpc) is 2.84. The van der Waals surface area contributed by atoms with Gasteiger partial charge in [0.25, 0.3) is 11.8 Å². The van der Waals surface area contributed by atoms with Gasteiger partial charge in [-0.15, -0.1) is 0 Å². The van der Waals surface area contributed by atoms with E-state index in [-0.39, 0.29) is 5.91 Å². The molecule has 0 radical (unpaired) electrons. The van der Waals surface area contributed by atoms with Crippen molar-refractivity contribution in [1.29, 1.82) is 0 Å². The van der Waals surface area contributed by atoms with Crippen molar-refractivity contribution in [2.24, 2.45) is 0 Å². The number of carbonyl (C=O) groups is 3. The van der Waals surface area contributed by atoms with Gasteiger partial charge in [-0.1, -0.05) is 37.3 Å². The lowest BCUT2D eigenvalue weighted by molar-refractivity contribution is -0.116. The number of ether oxygens (including phenoxy) is 1. The molecular weight excluding hydrogens is 418 g/mol. The Bertz CT molecular complexity index is 1060. The van der Waals surface area contributed by atoms with Crippen LogP contribution in [0.1, 0.15) is 46.0 Å². The van der Waals surface area contributed by atoms with Crippen molar-refractivity contribution in [1.82, 2.24) is 10.9 Å². The number of hydrogen-bond acceptors (Lipinski definition) is 4. The van der Waals surface area contributed by atoms with Crippen LogP contribution in [-0.4, -0.2) is 24.3 Å². The molecule has 0 aliphatic rings. The second kappa shape index (κ2) is 12.0. The van der Waals surface area contributed by atoms with E-state index in [0.29, 0.717) is 35.6 Å². The molecule has 0 bridgehead atoms. The van der Waals surface area contributed by atoms with E-state index in [1.165, 1.54) is 5.56 Å². The van der Waals surface area contributed by atoms with Gasteiger partial charge in [-0.05, 0) is 60.5 Å². The summed E-state index contributed by atoms with van der Waals surface area (Å²) in [6.45, 7) is 2.46. The fourth-order valence-corrected chi connectivity index (χ4v) is 3.05. The molecule has 3 aromatic carbocycles. The van der Waals surface area contributed by atoms with E-state index >= 15 is 0 Å². The summed E-state index contributed by atoms with van der Waals surface area (Å²) < 4.78 is 5.72. The molecule has 33 heavy (non-hydrogen) atoms. The Morgan fingerprint density at radius 3 is 1.91 bits per heavy atom. The van der Waals surface area contributed by atoms with Crippen molar-refractivity contribution in [3.8, 4) is 5.75 Å². The van der Waals surface area contributed by atoms with Crippen LogP contribution in [0.3, 0.4) is 0 Å². The zero-order valence-electron chi connectivity index (χ0n) is 18.5. The molecule has 0 fully saturated rings. The molecule has 0 aliphatic heterocycles. The lowest BCUT2D eigenvalue weighted by atomic mass is 10.2. The van der Waals surface area contributed by atoms with E-state index in [9.17, 15) is 14.4 Å². The predicted molar refractivity (Wildman–Crippen MR) is 127 cm³/mol. The van der Waals surface area contributed by atoms with Crippen LogP contribution in [0.2, 0.25) is 0 Å². The Balaban J connectivity index is 1.44. The fraction of sp³-hybridized carbons (Fsp3) is 0.192. The maximum absolute atomic E-state index is 12.3. The summed E-state index contributed by atoms with van der Waals surface area (Å²) in [5.41, 5.74) is 7.33. The van der Waals surface area contributed by atoms with Crippen molar-refractivity contribution in [2.75, 3.05) is 11.9 Å². The van der Waals surface area contributed by atoms with Gasteiger partial charge < -0.3 is 10.1 Å². The lowest BCUT2D eigenvalue weighted by Crippen LogP contribution is -2.41. The number of hydrogen-bond donors (Lipinski definition) is 3. The van der Waals surface area contributed by atoms with Gasteiger partial charge in [0.1, 0.15) is 5.75 Å². The number of anilines is 1. The smallest absolute Gasteiger partial charge is 0.269 e. The number of hydrazine groups is 1. The summed E-state index contributed by atoms with van der Waals surface area (Å²) in [5, 5.41) is 2.76. The van der Waals surface area contributed by atoms with Crippen molar-refractivity contribution in [3.05, 3.63) is 95.6 Å². The average molecular weight is 446 g/mol. The van der Waals surface area contributed by atoms with Gasteiger partial charge >= 0.3 is 0 Å². The van der Waals surface area contributed by atoms with Crippen molar-refractivity contribution in [2.45, 2.75) is 26.2 Å². The van der Waals surface area contributed by atoms with E-state index < -0.39 is 11.8 Å². The first kappa shape index (κ1) is 23.5. The van der Waals surface area contributed by atoms with Gasteiger partial charge in [-0.2, -0.15) is 0 Å². The van der Waals surface area contributed by atoms with E-state index in [4.69, 9.17) is 4.74 Å². The molecule has 0 saturated heterocycles. The summed E-state index contributed by atoms with van der Waals surface area (Å²) >= 11 is 0. The van der Waals surface area contributed by atoms with Gasteiger partial charge in [0, 0.05) is 29.7 Å². The highest BCUT2D eigenvalue weighted by Gasteiger charge is 2.10. The molecule has 7 heteroatoms. The third-order valence-corrected chi connectivity index (χ3v) is 4.82. The van der Waals surface area contributed by atoms with Crippen LogP contribution in [-0.2, 0) is 11.2 Å². The van der Waals surface area contributed by atoms with Gasteiger partial charge in [-0.3, -0.25) is 25.2 Å². The first-order valence-corrected chi connectivity index (χ1v) is 10.8. The van der Waals surface area contributed by atoms with Crippen LogP contribution in [0.5, 0.6) is 5.75 Å². The quantitative estimate of drug-likeness (QED) is 0.432. The Morgan fingerprint density at radius 2 is 1.33 bits per heavy atom. The van der Waals surface area contributed by atoms with E-state index in [0.717, 1.165) is 12.8 Å². The molecule has 0 saturated carbocycles. The van der Waals surface area contributed by atoms with Gasteiger partial charge in [0.2, 0.25) is 5.91 Å². The Morgan fingerprint density at radius 1 is 0.758 bits per heavy atom. The Labute approximate surface area is 193 Å². The van der Waals surface area contributed by atoms with Crippen molar-refractivity contribution >= 4 is 23.4 Å². The molecule has 0 atom stereocenters. The second-order valence-electron chi connectivity index (χ2n) is 7.39. The molecule has 3 rings (SSSR count). The van der Waals surface area contributed by atoms with Gasteiger partial charge in [-0.25, -0.2) is 0 Å². The van der Waals surface area contributed by atoms with Crippen molar-refractivity contribution < 1.29 is 19.1 Å². The zero-order valence-corrected chi connectivity index (χ0v) is 18.5. The van der Waals surface area contributed by atoms with Crippen molar-refractivity contribution in [3.63, 3.8) is 0 Å². The minimum Gasteiger partial charge on any atom is -0.493 e. The fourth-order valence-electron chi connectivity index (χ4n) is 3.05. The van der Waals surface area contributed by atoms with Crippen LogP contribution in [0, 0.1) is 0 Å².